The van der Waals surface area contributed by atoms with Crippen LogP contribution >= 0.6 is 0 Å². The number of aryl methyl sites for hydroxylation is 3. The smallest absolute Gasteiger partial charge is 0.251 e. The van der Waals surface area contributed by atoms with Crippen molar-refractivity contribution >= 4 is 11.8 Å². The van der Waals surface area contributed by atoms with Gasteiger partial charge in [-0.05, 0) is 43.4 Å². The minimum atomic E-state index is -0.630. The van der Waals surface area contributed by atoms with Gasteiger partial charge in [0, 0.05) is 38.4 Å². The number of aromatic nitrogens is 2. The molecule has 2 aliphatic heterocycles. The fourth-order valence-corrected chi connectivity index (χ4v) is 4.06. The van der Waals surface area contributed by atoms with Crippen molar-refractivity contribution in [2.24, 2.45) is 0 Å². The molecule has 1 unspecified atom stereocenters. The number of nitrogens with one attached hydrogen (secondary N) is 1. The van der Waals surface area contributed by atoms with E-state index in [1.165, 1.54) is 5.56 Å². The number of hydrogen-bond acceptors (Lipinski definition) is 5. The monoisotopic (exact) mass is 426 g/mol. The van der Waals surface area contributed by atoms with Crippen LogP contribution in [0.1, 0.15) is 36.2 Å². The number of nitrogens with zero attached hydrogens (tertiary/aromatic N) is 3. The van der Waals surface area contributed by atoms with E-state index in [0.29, 0.717) is 32.7 Å². The number of rotatable bonds is 7. The first-order valence-corrected chi connectivity index (χ1v) is 11.0. The van der Waals surface area contributed by atoms with Gasteiger partial charge in [0.25, 0.3) is 5.91 Å². The van der Waals surface area contributed by atoms with Crippen molar-refractivity contribution < 1.29 is 19.1 Å². The zero-order valence-corrected chi connectivity index (χ0v) is 18.0. The first-order valence-electron chi connectivity index (χ1n) is 11.0. The zero-order valence-electron chi connectivity index (χ0n) is 18.0. The Morgan fingerprint density at radius 1 is 1.29 bits per heavy atom. The van der Waals surface area contributed by atoms with Gasteiger partial charge in [0.1, 0.15) is 11.6 Å². The summed E-state index contributed by atoms with van der Waals surface area (Å²) in [5, 5.41) is 2.95. The van der Waals surface area contributed by atoms with Gasteiger partial charge in [-0.15, -0.1) is 0 Å². The molecule has 2 amide bonds. The second kappa shape index (κ2) is 9.96. The fourth-order valence-electron chi connectivity index (χ4n) is 4.06. The van der Waals surface area contributed by atoms with E-state index in [-0.39, 0.29) is 11.8 Å². The maximum Gasteiger partial charge on any atom is 0.251 e. The lowest BCUT2D eigenvalue weighted by atomic mass is 10.0. The summed E-state index contributed by atoms with van der Waals surface area (Å²) in [5.74, 6) is 1.77. The molecule has 4 rings (SSSR count). The standard InChI is InChI=1S/C23H30N4O4/c1-17-24-8-10-26(17)9-2-5-22(28)27-11-13-31-21(16-27)23(29)25-15-18-6-7-20-19(14-18)4-3-12-30-20/h6-8,10,14,21H,2-5,9,11-13,15-16H2,1H3,(H,25,29). The molecule has 0 saturated carbocycles. The SMILES string of the molecule is Cc1nccn1CCCC(=O)N1CCOC(C(=O)NCc2ccc3c(c2)CCCO3)C1. The number of benzene rings is 1. The molecule has 1 atom stereocenters. The van der Waals surface area contributed by atoms with E-state index in [0.717, 1.165) is 49.6 Å². The second-order valence-corrected chi connectivity index (χ2v) is 8.08. The quantitative estimate of drug-likeness (QED) is 0.730. The Morgan fingerprint density at radius 3 is 3.03 bits per heavy atom. The predicted molar refractivity (Wildman–Crippen MR) is 115 cm³/mol. The van der Waals surface area contributed by atoms with Crippen LogP contribution in [0.15, 0.2) is 30.6 Å². The summed E-state index contributed by atoms with van der Waals surface area (Å²) in [6, 6.07) is 6.04. The van der Waals surface area contributed by atoms with Crippen LogP contribution in [0, 0.1) is 6.92 Å². The summed E-state index contributed by atoms with van der Waals surface area (Å²) in [5.41, 5.74) is 2.23. The van der Waals surface area contributed by atoms with Crippen molar-refractivity contribution in [3.8, 4) is 5.75 Å². The van der Waals surface area contributed by atoms with E-state index in [4.69, 9.17) is 9.47 Å². The first kappa shape index (κ1) is 21.4. The van der Waals surface area contributed by atoms with Crippen LogP contribution in [0.2, 0.25) is 0 Å². The van der Waals surface area contributed by atoms with Gasteiger partial charge < -0.3 is 24.3 Å². The Morgan fingerprint density at radius 2 is 2.19 bits per heavy atom. The molecule has 0 radical (unpaired) electrons. The summed E-state index contributed by atoms with van der Waals surface area (Å²) in [6.45, 7) is 5.11. The molecule has 1 aromatic heterocycles. The largest absolute Gasteiger partial charge is 0.493 e. The summed E-state index contributed by atoms with van der Waals surface area (Å²) >= 11 is 0. The lowest BCUT2D eigenvalue weighted by Crippen LogP contribution is -2.51. The number of ether oxygens (including phenoxy) is 2. The first-order chi connectivity index (χ1) is 15.1. The number of amides is 2. The Kier molecular flexibility index (Phi) is 6.86. The van der Waals surface area contributed by atoms with Gasteiger partial charge in [-0.3, -0.25) is 9.59 Å². The summed E-state index contributed by atoms with van der Waals surface area (Å²) in [4.78, 5) is 31.2. The molecule has 0 bridgehead atoms. The maximum atomic E-state index is 12.6. The van der Waals surface area contributed by atoms with E-state index < -0.39 is 6.10 Å². The summed E-state index contributed by atoms with van der Waals surface area (Å²) < 4.78 is 13.3. The molecule has 8 heteroatoms. The number of imidazole rings is 1. The Labute approximate surface area is 182 Å². The highest BCUT2D eigenvalue weighted by molar-refractivity contribution is 5.83. The van der Waals surface area contributed by atoms with Crippen molar-refractivity contribution in [2.75, 3.05) is 26.3 Å². The molecule has 1 aromatic carbocycles. The van der Waals surface area contributed by atoms with Crippen LogP contribution in [0.5, 0.6) is 5.75 Å². The van der Waals surface area contributed by atoms with Gasteiger partial charge in [0.05, 0.1) is 19.8 Å². The molecule has 1 fully saturated rings. The van der Waals surface area contributed by atoms with E-state index >= 15 is 0 Å². The molecule has 0 spiro atoms. The van der Waals surface area contributed by atoms with Crippen LogP contribution in [0.25, 0.3) is 0 Å². The molecule has 2 aromatic rings. The van der Waals surface area contributed by atoms with Gasteiger partial charge in [-0.2, -0.15) is 0 Å². The van der Waals surface area contributed by atoms with E-state index in [1.807, 2.05) is 29.8 Å². The molecule has 166 valence electrons. The Hall–Kier alpha value is -2.87. The van der Waals surface area contributed by atoms with Gasteiger partial charge in [0.15, 0.2) is 6.10 Å². The van der Waals surface area contributed by atoms with Crippen LogP contribution in [0.4, 0.5) is 0 Å². The number of carbonyl (C=O) groups excluding carboxylic acids is 2. The Balaban J connectivity index is 1.23. The summed E-state index contributed by atoms with van der Waals surface area (Å²) in [6.07, 6.45) is 6.26. The average molecular weight is 427 g/mol. The predicted octanol–water partition coefficient (Wildman–Crippen LogP) is 1.84. The highest BCUT2D eigenvalue weighted by atomic mass is 16.5. The van der Waals surface area contributed by atoms with E-state index in [1.54, 1.807) is 11.1 Å². The fraction of sp³-hybridized carbons (Fsp3) is 0.522. The van der Waals surface area contributed by atoms with E-state index in [2.05, 4.69) is 16.4 Å². The Bertz CT molecular complexity index is 926. The van der Waals surface area contributed by atoms with Crippen molar-refractivity contribution in [1.82, 2.24) is 19.8 Å². The van der Waals surface area contributed by atoms with Gasteiger partial charge in [0.2, 0.25) is 5.91 Å². The molecule has 0 aliphatic carbocycles. The van der Waals surface area contributed by atoms with Gasteiger partial charge >= 0.3 is 0 Å². The van der Waals surface area contributed by atoms with Crippen LogP contribution in [-0.4, -0.2) is 58.7 Å². The molecular formula is C23H30N4O4. The third-order valence-electron chi connectivity index (χ3n) is 5.86. The third-order valence-corrected chi connectivity index (χ3v) is 5.86. The normalized spacial score (nSPS) is 18.2. The van der Waals surface area contributed by atoms with Gasteiger partial charge in [-0.1, -0.05) is 12.1 Å². The molecule has 2 aliphatic rings. The van der Waals surface area contributed by atoms with Crippen LogP contribution in [0.3, 0.4) is 0 Å². The summed E-state index contributed by atoms with van der Waals surface area (Å²) in [7, 11) is 0. The lowest BCUT2D eigenvalue weighted by Gasteiger charge is -2.32. The maximum absolute atomic E-state index is 12.6. The highest BCUT2D eigenvalue weighted by Crippen LogP contribution is 2.25. The average Bonchev–Trinajstić information content (AvgIpc) is 3.22. The molecule has 3 heterocycles. The third kappa shape index (κ3) is 5.44. The number of carbonyl (C=O) groups is 2. The molecule has 31 heavy (non-hydrogen) atoms. The van der Waals surface area contributed by atoms with Crippen molar-refractivity contribution in [1.29, 1.82) is 0 Å². The number of morpholine rings is 1. The van der Waals surface area contributed by atoms with Crippen LogP contribution < -0.4 is 10.1 Å². The second-order valence-electron chi connectivity index (χ2n) is 8.08. The lowest BCUT2D eigenvalue weighted by molar-refractivity contribution is -0.147. The van der Waals surface area contributed by atoms with Crippen LogP contribution in [-0.2, 0) is 33.8 Å². The van der Waals surface area contributed by atoms with Gasteiger partial charge in [-0.25, -0.2) is 4.98 Å². The number of hydrogen-bond donors (Lipinski definition) is 1. The van der Waals surface area contributed by atoms with Crippen molar-refractivity contribution in [3.63, 3.8) is 0 Å². The molecular weight excluding hydrogens is 396 g/mol. The highest BCUT2D eigenvalue weighted by Gasteiger charge is 2.29. The minimum Gasteiger partial charge on any atom is -0.493 e. The molecule has 1 saturated heterocycles. The zero-order chi connectivity index (χ0) is 21.6. The molecule has 8 nitrogen and oxygen atoms in total. The number of fused-ring (bicyclic) bond motifs is 1. The topological polar surface area (TPSA) is 85.7 Å². The van der Waals surface area contributed by atoms with E-state index in [9.17, 15) is 9.59 Å². The van der Waals surface area contributed by atoms with Crippen molar-refractivity contribution in [3.05, 3.63) is 47.5 Å². The molecule has 1 N–H and O–H groups in total. The van der Waals surface area contributed by atoms with Crippen molar-refractivity contribution in [2.45, 2.75) is 51.8 Å². The minimum absolute atomic E-state index is 0.0635.